The van der Waals surface area contributed by atoms with E-state index in [4.69, 9.17) is 13.7 Å². The molecule has 0 unspecified atom stereocenters. The minimum atomic E-state index is -3.54. The Morgan fingerprint density at radius 2 is 1.64 bits per heavy atom. The van der Waals surface area contributed by atoms with E-state index in [1.807, 2.05) is 30.3 Å². The van der Waals surface area contributed by atoms with E-state index in [1.54, 1.807) is 0 Å². The standard InChI is InChI=1S/C16H22O5S/c1-19-22(17,18)13-15(14-5-3-2-4-6-14)7-9-16(10-8-15)20-11-12-21-16/h2-6H,7-13H2,1H3. The molecule has 0 radical (unpaired) electrons. The SMILES string of the molecule is COS(=O)(=O)CC1(c2ccccc2)CCC2(CC1)OCCO2. The first-order valence-electron chi connectivity index (χ1n) is 7.61. The predicted molar refractivity (Wildman–Crippen MR) is 82.0 cm³/mol. The molecule has 1 aromatic rings. The fraction of sp³-hybridized carbons (Fsp3) is 0.625. The number of rotatable bonds is 4. The second-order valence-corrected chi connectivity index (χ2v) is 7.86. The molecule has 1 saturated heterocycles. The smallest absolute Gasteiger partial charge is 0.267 e. The molecule has 3 rings (SSSR count). The molecular formula is C16H22O5S. The van der Waals surface area contributed by atoms with Crippen LogP contribution < -0.4 is 0 Å². The first-order valence-corrected chi connectivity index (χ1v) is 9.19. The molecule has 5 nitrogen and oxygen atoms in total. The van der Waals surface area contributed by atoms with E-state index in [2.05, 4.69) is 0 Å². The third-order valence-electron chi connectivity index (χ3n) is 4.88. The molecule has 1 aromatic carbocycles. The van der Waals surface area contributed by atoms with E-state index in [-0.39, 0.29) is 5.75 Å². The summed E-state index contributed by atoms with van der Waals surface area (Å²) in [6, 6.07) is 9.83. The average Bonchev–Trinajstić information content (AvgIpc) is 2.99. The van der Waals surface area contributed by atoms with Crippen LogP contribution in [-0.2, 0) is 29.2 Å². The molecule has 2 fully saturated rings. The summed E-state index contributed by atoms with van der Waals surface area (Å²) in [5.74, 6) is -0.508. The van der Waals surface area contributed by atoms with Gasteiger partial charge < -0.3 is 9.47 Å². The zero-order valence-corrected chi connectivity index (χ0v) is 13.6. The maximum Gasteiger partial charge on any atom is 0.267 e. The van der Waals surface area contributed by atoms with Gasteiger partial charge in [-0.1, -0.05) is 30.3 Å². The van der Waals surface area contributed by atoms with Crippen molar-refractivity contribution in [3.8, 4) is 0 Å². The van der Waals surface area contributed by atoms with Crippen molar-refractivity contribution in [2.75, 3.05) is 26.1 Å². The Morgan fingerprint density at radius 1 is 1.05 bits per heavy atom. The Hall–Kier alpha value is -0.950. The molecule has 22 heavy (non-hydrogen) atoms. The first-order chi connectivity index (χ1) is 10.5. The molecular weight excluding hydrogens is 304 g/mol. The third kappa shape index (κ3) is 3.06. The minimum Gasteiger partial charge on any atom is -0.348 e. The van der Waals surface area contributed by atoms with Crippen molar-refractivity contribution in [3.05, 3.63) is 35.9 Å². The predicted octanol–water partition coefficient (Wildman–Crippen LogP) is 2.22. The highest BCUT2D eigenvalue weighted by atomic mass is 32.2. The van der Waals surface area contributed by atoms with Crippen molar-refractivity contribution in [3.63, 3.8) is 0 Å². The highest BCUT2D eigenvalue weighted by molar-refractivity contribution is 7.86. The molecule has 1 aliphatic carbocycles. The Balaban J connectivity index is 1.89. The van der Waals surface area contributed by atoms with Crippen molar-refractivity contribution in [1.82, 2.24) is 0 Å². The molecule has 0 bridgehead atoms. The molecule has 0 amide bonds. The zero-order valence-electron chi connectivity index (χ0n) is 12.8. The lowest BCUT2D eigenvalue weighted by molar-refractivity contribution is -0.184. The van der Waals surface area contributed by atoms with Crippen molar-refractivity contribution in [1.29, 1.82) is 0 Å². The van der Waals surface area contributed by atoms with Gasteiger partial charge in [0.25, 0.3) is 10.1 Å². The largest absolute Gasteiger partial charge is 0.348 e. The summed E-state index contributed by atoms with van der Waals surface area (Å²) in [4.78, 5) is 0. The van der Waals surface area contributed by atoms with Gasteiger partial charge in [-0.15, -0.1) is 0 Å². The Kier molecular flexibility index (Phi) is 4.29. The van der Waals surface area contributed by atoms with Crippen LogP contribution in [0, 0.1) is 0 Å². The van der Waals surface area contributed by atoms with Gasteiger partial charge in [0.1, 0.15) is 0 Å². The monoisotopic (exact) mass is 326 g/mol. The van der Waals surface area contributed by atoms with Gasteiger partial charge in [-0.3, -0.25) is 4.18 Å². The van der Waals surface area contributed by atoms with Crippen LogP contribution in [0.15, 0.2) is 30.3 Å². The number of ether oxygens (including phenoxy) is 2. The first kappa shape index (κ1) is 15.9. The zero-order chi connectivity index (χ0) is 15.7. The topological polar surface area (TPSA) is 61.8 Å². The second-order valence-electron chi connectivity index (χ2n) is 6.12. The van der Waals surface area contributed by atoms with E-state index in [0.717, 1.165) is 5.56 Å². The highest BCUT2D eigenvalue weighted by Crippen LogP contribution is 2.47. The molecule has 1 heterocycles. The molecule has 0 N–H and O–H groups in total. The lowest BCUT2D eigenvalue weighted by Gasteiger charge is -2.43. The Bertz CT molecular complexity index is 595. The van der Waals surface area contributed by atoms with E-state index >= 15 is 0 Å². The van der Waals surface area contributed by atoms with Crippen LogP contribution in [-0.4, -0.2) is 40.3 Å². The molecule has 122 valence electrons. The number of hydrogen-bond acceptors (Lipinski definition) is 5. The summed E-state index contributed by atoms with van der Waals surface area (Å²) in [6.07, 6.45) is 2.83. The summed E-state index contributed by atoms with van der Waals surface area (Å²) in [6.45, 7) is 1.24. The van der Waals surface area contributed by atoms with Gasteiger partial charge in [-0.25, -0.2) is 0 Å². The van der Waals surface area contributed by atoms with Crippen molar-refractivity contribution in [2.45, 2.75) is 36.9 Å². The Morgan fingerprint density at radius 3 is 2.18 bits per heavy atom. The summed E-state index contributed by atoms with van der Waals surface area (Å²) in [5, 5.41) is 0. The summed E-state index contributed by atoms with van der Waals surface area (Å²) in [7, 11) is -2.32. The minimum absolute atomic E-state index is 0.00338. The molecule has 2 aliphatic rings. The molecule has 0 aromatic heterocycles. The van der Waals surface area contributed by atoms with Gasteiger partial charge in [0.15, 0.2) is 5.79 Å². The summed E-state index contributed by atoms with van der Waals surface area (Å²) in [5.41, 5.74) is 0.611. The molecule has 1 aliphatic heterocycles. The maximum atomic E-state index is 12.1. The van der Waals surface area contributed by atoms with E-state index in [1.165, 1.54) is 7.11 Å². The number of hydrogen-bond donors (Lipinski definition) is 0. The quantitative estimate of drug-likeness (QED) is 0.794. The van der Waals surface area contributed by atoms with Gasteiger partial charge in [0, 0.05) is 18.3 Å². The van der Waals surface area contributed by atoms with Gasteiger partial charge in [-0.05, 0) is 18.4 Å². The summed E-state index contributed by atoms with van der Waals surface area (Å²) >= 11 is 0. The van der Waals surface area contributed by atoms with Gasteiger partial charge in [0.05, 0.1) is 26.1 Å². The van der Waals surface area contributed by atoms with Gasteiger partial charge >= 0.3 is 0 Å². The van der Waals surface area contributed by atoms with Crippen molar-refractivity contribution < 1.29 is 22.1 Å². The lowest BCUT2D eigenvalue weighted by Crippen LogP contribution is -2.45. The van der Waals surface area contributed by atoms with Crippen LogP contribution in [0.1, 0.15) is 31.2 Å². The van der Waals surface area contributed by atoms with Crippen LogP contribution in [0.2, 0.25) is 0 Å². The highest BCUT2D eigenvalue weighted by Gasteiger charge is 2.48. The van der Waals surface area contributed by atoms with E-state index < -0.39 is 21.3 Å². The molecule has 0 atom stereocenters. The van der Waals surface area contributed by atoms with Crippen LogP contribution in [0.5, 0.6) is 0 Å². The molecule has 1 saturated carbocycles. The molecule has 6 heteroatoms. The third-order valence-corrected chi connectivity index (χ3v) is 6.29. The number of benzene rings is 1. The average molecular weight is 326 g/mol. The fourth-order valence-corrected chi connectivity index (χ4v) is 4.85. The van der Waals surface area contributed by atoms with E-state index in [9.17, 15) is 8.42 Å². The van der Waals surface area contributed by atoms with Gasteiger partial charge in [-0.2, -0.15) is 8.42 Å². The van der Waals surface area contributed by atoms with Crippen LogP contribution in [0.4, 0.5) is 0 Å². The molecule has 1 spiro atoms. The van der Waals surface area contributed by atoms with Crippen LogP contribution in [0.25, 0.3) is 0 Å². The summed E-state index contributed by atoms with van der Waals surface area (Å²) < 4.78 is 40.4. The van der Waals surface area contributed by atoms with Crippen LogP contribution in [0.3, 0.4) is 0 Å². The van der Waals surface area contributed by atoms with Crippen LogP contribution >= 0.6 is 0 Å². The Labute approximate surface area is 131 Å². The lowest BCUT2D eigenvalue weighted by atomic mass is 9.69. The van der Waals surface area contributed by atoms with E-state index in [0.29, 0.717) is 38.9 Å². The van der Waals surface area contributed by atoms with Crippen molar-refractivity contribution in [2.24, 2.45) is 0 Å². The second kappa shape index (κ2) is 5.92. The van der Waals surface area contributed by atoms with Crippen molar-refractivity contribution >= 4 is 10.1 Å². The fourth-order valence-electron chi connectivity index (χ4n) is 3.60. The van der Waals surface area contributed by atoms with Gasteiger partial charge in [0.2, 0.25) is 0 Å². The normalized spacial score (nSPS) is 23.7. The maximum absolute atomic E-state index is 12.1.